The highest BCUT2D eigenvalue weighted by atomic mass is 32.1. The first-order valence-electron chi connectivity index (χ1n) is 22.7. The van der Waals surface area contributed by atoms with Gasteiger partial charge in [-0.3, -0.25) is 0 Å². The van der Waals surface area contributed by atoms with E-state index in [0.29, 0.717) is 5.82 Å². The predicted molar refractivity (Wildman–Crippen MR) is 280 cm³/mol. The van der Waals surface area contributed by atoms with Gasteiger partial charge >= 0.3 is 0 Å². The summed E-state index contributed by atoms with van der Waals surface area (Å²) < 4.78 is 2.64. The summed E-state index contributed by atoms with van der Waals surface area (Å²) in [6.07, 6.45) is 0. The molecule has 0 radical (unpaired) electrons. The van der Waals surface area contributed by atoms with Gasteiger partial charge in [0.05, 0.1) is 11.4 Å². The molecule has 0 unspecified atom stereocenters. The molecule has 0 fully saturated rings. The highest BCUT2D eigenvalue weighted by molar-refractivity contribution is 7.25. The van der Waals surface area contributed by atoms with Crippen LogP contribution in [0.15, 0.2) is 218 Å². The van der Waals surface area contributed by atoms with E-state index in [1.807, 2.05) is 17.4 Å². The normalized spacial score (nSPS) is 12.8. The Labute approximate surface area is 388 Å². The lowest BCUT2D eigenvalue weighted by Crippen LogP contribution is -2.14. The molecule has 310 valence electrons. The summed E-state index contributed by atoms with van der Waals surface area (Å²) in [5.74, 6) is 0.699. The van der Waals surface area contributed by atoms with Crippen molar-refractivity contribution >= 4 is 53.1 Å². The molecule has 0 spiro atoms. The lowest BCUT2D eigenvalue weighted by atomic mass is 9.81. The van der Waals surface area contributed by atoms with E-state index in [1.165, 1.54) is 80.8 Å². The van der Waals surface area contributed by atoms with Gasteiger partial charge in [0.1, 0.15) is 0 Å². The Morgan fingerprint density at radius 1 is 0.333 bits per heavy atom. The molecule has 2 nitrogen and oxygen atoms in total. The molecule has 0 amide bonds. The van der Waals surface area contributed by atoms with Crippen LogP contribution in [0.4, 0.5) is 0 Å². The number of nitrogens with zero attached hydrogens (tertiary/aromatic N) is 2. The molecule has 1 aliphatic rings. The first-order valence-corrected chi connectivity index (χ1v) is 23.5. The lowest BCUT2D eigenvalue weighted by Gasteiger charge is -2.22. The van der Waals surface area contributed by atoms with Crippen molar-refractivity contribution in [2.45, 2.75) is 19.3 Å². The quantitative estimate of drug-likeness (QED) is 0.166. The highest BCUT2D eigenvalue weighted by Gasteiger charge is 2.37. The monoisotopic (exact) mass is 858 g/mol. The molecule has 13 rings (SSSR count). The van der Waals surface area contributed by atoms with Crippen LogP contribution in [0.5, 0.6) is 0 Å². The minimum Gasteiger partial charge on any atom is -0.228 e. The topological polar surface area (TPSA) is 25.8 Å². The van der Waals surface area contributed by atoms with Gasteiger partial charge in [0.15, 0.2) is 5.82 Å². The second-order valence-corrected chi connectivity index (χ2v) is 19.1. The molecular weight excluding hydrogens is 817 g/mol. The van der Waals surface area contributed by atoms with Gasteiger partial charge in [-0.15, -0.1) is 11.3 Å². The number of hydrogen-bond donors (Lipinski definition) is 0. The Morgan fingerprint density at radius 3 is 1.73 bits per heavy atom. The maximum Gasteiger partial charge on any atom is 0.160 e. The fourth-order valence-corrected chi connectivity index (χ4v) is 11.7. The van der Waals surface area contributed by atoms with E-state index in [0.717, 1.165) is 44.6 Å². The minimum absolute atomic E-state index is 0.126. The van der Waals surface area contributed by atoms with E-state index in [-0.39, 0.29) is 5.41 Å². The smallest absolute Gasteiger partial charge is 0.160 e. The Hall–Kier alpha value is -7.98. The maximum atomic E-state index is 5.36. The number of aromatic nitrogens is 2. The predicted octanol–water partition coefficient (Wildman–Crippen LogP) is 17.5. The van der Waals surface area contributed by atoms with Crippen LogP contribution in [-0.2, 0) is 5.41 Å². The van der Waals surface area contributed by atoms with E-state index in [1.54, 1.807) is 0 Å². The largest absolute Gasteiger partial charge is 0.228 e. The Bertz CT molecular complexity index is 3900. The van der Waals surface area contributed by atoms with Gasteiger partial charge < -0.3 is 0 Å². The molecule has 0 saturated heterocycles. The average molecular weight is 859 g/mol. The van der Waals surface area contributed by atoms with Crippen LogP contribution in [0.2, 0.25) is 0 Å². The molecule has 0 atom stereocenters. The molecule has 3 heteroatoms. The average Bonchev–Trinajstić information content (AvgIpc) is 3.86. The number of hydrogen-bond acceptors (Lipinski definition) is 3. The fraction of sp³-hybridized carbons (Fsp3) is 0.0476. The van der Waals surface area contributed by atoms with Gasteiger partial charge in [0, 0.05) is 42.3 Å². The SMILES string of the molecule is CC1(C)c2cc3ccccc3cc2-c2c(-c3ccc(-c4cc(-c5ccccc5-c5ccc(-c6ccc7sc8ccccc8c7c6)cc5)nc(-c5ccccc5)n4)c4ccccc34)cccc21. The summed E-state index contributed by atoms with van der Waals surface area (Å²) in [4.78, 5) is 10.7. The Kier molecular flexibility index (Phi) is 8.78. The molecule has 1 aliphatic carbocycles. The third-order valence-electron chi connectivity index (χ3n) is 13.9. The second-order valence-electron chi connectivity index (χ2n) is 18.1. The van der Waals surface area contributed by atoms with Gasteiger partial charge in [-0.25, -0.2) is 9.97 Å². The zero-order chi connectivity index (χ0) is 43.9. The molecule has 0 aliphatic heterocycles. The van der Waals surface area contributed by atoms with Crippen molar-refractivity contribution in [2.24, 2.45) is 0 Å². The molecule has 2 heterocycles. The van der Waals surface area contributed by atoms with Crippen molar-refractivity contribution in [1.29, 1.82) is 0 Å². The van der Waals surface area contributed by atoms with Crippen molar-refractivity contribution in [3.63, 3.8) is 0 Å². The van der Waals surface area contributed by atoms with Crippen molar-refractivity contribution < 1.29 is 0 Å². The van der Waals surface area contributed by atoms with Crippen LogP contribution in [0.3, 0.4) is 0 Å². The van der Waals surface area contributed by atoms with Gasteiger partial charge in [0.25, 0.3) is 0 Å². The van der Waals surface area contributed by atoms with Crippen molar-refractivity contribution in [2.75, 3.05) is 0 Å². The molecule has 0 saturated carbocycles. The van der Waals surface area contributed by atoms with Gasteiger partial charge in [0.2, 0.25) is 0 Å². The first kappa shape index (κ1) is 38.5. The van der Waals surface area contributed by atoms with Crippen LogP contribution < -0.4 is 0 Å². The van der Waals surface area contributed by atoms with E-state index in [9.17, 15) is 0 Å². The van der Waals surface area contributed by atoms with E-state index in [4.69, 9.17) is 9.97 Å². The summed E-state index contributed by atoms with van der Waals surface area (Å²) in [5.41, 5.74) is 17.3. The van der Waals surface area contributed by atoms with E-state index < -0.39 is 0 Å². The third kappa shape index (κ3) is 6.15. The standard InChI is InChI=1S/C63H42N2S/c1-63(2)55-25-14-24-52(61(55)54-36-42-17-6-7-18-43(42)37-56(54)63)48-32-33-50(47-21-10-9-20-46(47)48)58-38-57(64-62(65-58)41-15-4-3-5-16-41)49-22-11-8-19-45(49)40-29-27-39(28-30-40)44-31-34-60-53(35-44)51-23-12-13-26-59(51)66-60/h3-38H,1-2H3. The molecule has 12 aromatic rings. The highest BCUT2D eigenvalue weighted by Crippen LogP contribution is 2.54. The molecular formula is C63H42N2S. The van der Waals surface area contributed by atoms with Crippen LogP contribution in [0, 0.1) is 0 Å². The Balaban J connectivity index is 0.936. The van der Waals surface area contributed by atoms with Gasteiger partial charge in [-0.05, 0) is 114 Å². The van der Waals surface area contributed by atoms with Crippen molar-refractivity contribution in [3.8, 4) is 78.4 Å². The van der Waals surface area contributed by atoms with Gasteiger partial charge in [-0.1, -0.05) is 196 Å². The van der Waals surface area contributed by atoms with Gasteiger partial charge in [-0.2, -0.15) is 0 Å². The van der Waals surface area contributed by atoms with E-state index in [2.05, 4.69) is 226 Å². The second kappa shape index (κ2) is 15.1. The van der Waals surface area contributed by atoms with Crippen molar-refractivity contribution in [1.82, 2.24) is 9.97 Å². The number of benzene rings is 10. The van der Waals surface area contributed by atoms with Crippen LogP contribution in [0.1, 0.15) is 25.0 Å². The summed E-state index contributed by atoms with van der Waals surface area (Å²) in [6, 6.07) is 79.6. The number of thiophene rings is 1. The first-order chi connectivity index (χ1) is 32.5. The molecule has 66 heavy (non-hydrogen) atoms. The maximum absolute atomic E-state index is 5.36. The van der Waals surface area contributed by atoms with Crippen LogP contribution in [0.25, 0.3) is 120 Å². The summed E-state index contributed by atoms with van der Waals surface area (Å²) in [6.45, 7) is 4.74. The minimum atomic E-state index is -0.126. The fourth-order valence-electron chi connectivity index (χ4n) is 10.6. The third-order valence-corrected chi connectivity index (χ3v) is 15.1. The molecule has 0 N–H and O–H groups in total. The number of rotatable bonds is 6. The molecule has 10 aromatic carbocycles. The van der Waals surface area contributed by atoms with E-state index >= 15 is 0 Å². The molecule has 0 bridgehead atoms. The zero-order valence-electron chi connectivity index (χ0n) is 36.6. The lowest BCUT2D eigenvalue weighted by molar-refractivity contribution is 0.661. The van der Waals surface area contributed by atoms with Crippen LogP contribution in [-0.4, -0.2) is 9.97 Å². The zero-order valence-corrected chi connectivity index (χ0v) is 37.4. The molecule has 2 aromatic heterocycles. The summed E-state index contributed by atoms with van der Waals surface area (Å²) >= 11 is 1.86. The Morgan fingerprint density at radius 2 is 0.924 bits per heavy atom. The summed E-state index contributed by atoms with van der Waals surface area (Å²) in [5, 5.41) is 7.53. The number of fused-ring (bicyclic) bond motifs is 8. The summed E-state index contributed by atoms with van der Waals surface area (Å²) in [7, 11) is 0. The van der Waals surface area contributed by atoms with Crippen molar-refractivity contribution in [3.05, 3.63) is 230 Å². The van der Waals surface area contributed by atoms with Crippen LogP contribution >= 0.6 is 11.3 Å².